The Morgan fingerprint density at radius 1 is 1.30 bits per heavy atom. The Kier molecular flexibility index (Phi) is 3.86. The molecule has 114 valence electrons. The zero-order valence-electron chi connectivity index (χ0n) is 13.0. The summed E-state index contributed by atoms with van der Waals surface area (Å²) >= 11 is 0. The number of methoxy groups -OCH3 is 1. The Bertz CT molecular complexity index is 888. The lowest BCUT2D eigenvalue weighted by atomic mass is 10.0. The van der Waals surface area contributed by atoms with Crippen molar-refractivity contribution in [1.29, 1.82) is 0 Å². The predicted molar refractivity (Wildman–Crippen MR) is 92.1 cm³/mol. The molecule has 0 aromatic heterocycles. The van der Waals surface area contributed by atoms with Gasteiger partial charge in [0.05, 0.1) is 13.7 Å². The second-order valence-corrected chi connectivity index (χ2v) is 5.19. The van der Waals surface area contributed by atoms with Crippen LogP contribution in [0, 0.1) is 12.3 Å². The van der Waals surface area contributed by atoms with Gasteiger partial charge in [-0.1, -0.05) is 36.3 Å². The number of amidine groups is 1. The molecular formula is C19H16N2O2. The molecule has 1 amide bonds. The molecule has 0 N–H and O–H groups in total. The minimum absolute atomic E-state index is 0.185. The standard InChI is InChI=1S/C19H16N2O2/c1-4-11-21-13(2)20-17(19(21)22)12-16-15-8-6-5-7-14(15)9-10-18(16)23-3/h1,5-10,12H,11H2,2-3H3/b17-12-. The molecule has 3 rings (SSSR count). The summed E-state index contributed by atoms with van der Waals surface area (Å²) in [4.78, 5) is 18.3. The van der Waals surface area contributed by atoms with Crippen LogP contribution in [0.4, 0.5) is 0 Å². The quantitative estimate of drug-likeness (QED) is 0.646. The van der Waals surface area contributed by atoms with Crippen molar-refractivity contribution >= 4 is 28.6 Å². The van der Waals surface area contributed by atoms with Gasteiger partial charge < -0.3 is 4.74 Å². The molecule has 0 saturated heterocycles. The number of aliphatic imine (C=N–C) groups is 1. The largest absolute Gasteiger partial charge is 0.496 e. The first-order valence-corrected chi connectivity index (χ1v) is 7.23. The fourth-order valence-corrected chi connectivity index (χ4v) is 2.68. The number of terminal acetylenes is 1. The van der Waals surface area contributed by atoms with Crippen LogP contribution >= 0.6 is 0 Å². The molecular weight excluding hydrogens is 288 g/mol. The Morgan fingerprint density at radius 2 is 2.09 bits per heavy atom. The highest BCUT2D eigenvalue weighted by Crippen LogP contribution is 2.31. The molecule has 0 bridgehead atoms. The average Bonchev–Trinajstić information content (AvgIpc) is 2.83. The van der Waals surface area contributed by atoms with Gasteiger partial charge in [-0.15, -0.1) is 6.42 Å². The van der Waals surface area contributed by atoms with Gasteiger partial charge in [-0.05, 0) is 29.8 Å². The van der Waals surface area contributed by atoms with E-state index >= 15 is 0 Å². The van der Waals surface area contributed by atoms with Crippen LogP contribution in [0.15, 0.2) is 47.1 Å². The number of nitrogens with zero attached hydrogens (tertiary/aromatic N) is 2. The zero-order valence-corrected chi connectivity index (χ0v) is 13.0. The Labute approximate surface area is 135 Å². The van der Waals surface area contributed by atoms with E-state index in [1.807, 2.05) is 36.4 Å². The summed E-state index contributed by atoms with van der Waals surface area (Å²) in [6.07, 6.45) is 7.08. The van der Waals surface area contributed by atoms with Crippen LogP contribution in [-0.4, -0.2) is 30.3 Å². The maximum absolute atomic E-state index is 12.5. The van der Waals surface area contributed by atoms with Gasteiger partial charge in [0.25, 0.3) is 5.91 Å². The molecule has 23 heavy (non-hydrogen) atoms. The smallest absolute Gasteiger partial charge is 0.278 e. The van der Waals surface area contributed by atoms with Gasteiger partial charge in [-0.25, -0.2) is 4.99 Å². The molecule has 1 aliphatic heterocycles. The van der Waals surface area contributed by atoms with Crippen LogP contribution < -0.4 is 4.74 Å². The zero-order chi connectivity index (χ0) is 16.4. The Morgan fingerprint density at radius 3 is 2.83 bits per heavy atom. The van der Waals surface area contributed by atoms with Gasteiger partial charge in [0.15, 0.2) is 0 Å². The second-order valence-electron chi connectivity index (χ2n) is 5.19. The number of benzene rings is 2. The van der Waals surface area contributed by atoms with Crippen molar-refractivity contribution in [3.8, 4) is 18.1 Å². The molecule has 4 heteroatoms. The number of carbonyl (C=O) groups is 1. The first-order chi connectivity index (χ1) is 11.2. The van der Waals surface area contributed by atoms with Gasteiger partial charge in [0.2, 0.25) is 0 Å². The van der Waals surface area contributed by atoms with E-state index in [9.17, 15) is 4.79 Å². The second kappa shape index (κ2) is 5.98. The van der Waals surface area contributed by atoms with Crippen molar-refractivity contribution in [3.63, 3.8) is 0 Å². The number of carbonyl (C=O) groups excluding carboxylic acids is 1. The number of fused-ring (bicyclic) bond motifs is 1. The van der Waals surface area contributed by atoms with Crippen molar-refractivity contribution in [3.05, 3.63) is 47.7 Å². The minimum Gasteiger partial charge on any atom is -0.496 e. The molecule has 1 aliphatic rings. The van der Waals surface area contributed by atoms with E-state index in [0.29, 0.717) is 17.3 Å². The summed E-state index contributed by atoms with van der Waals surface area (Å²) in [5.74, 6) is 3.61. The third kappa shape index (κ3) is 2.58. The number of ether oxygens (including phenoxy) is 1. The van der Waals surface area contributed by atoms with Gasteiger partial charge in [0, 0.05) is 5.56 Å². The van der Waals surface area contributed by atoms with E-state index in [2.05, 4.69) is 10.9 Å². The molecule has 4 nitrogen and oxygen atoms in total. The molecule has 0 saturated carbocycles. The fourth-order valence-electron chi connectivity index (χ4n) is 2.68. The van der Waals surface area contributed by atoms with Crippen LogP contribution in [0.1, 0.15) is 12.5 Å². The monoisotopic (exact) mass is 304 g/mol. The predicted octanol–water partition coefficient (Wildman–Crippen LogP) is 3.08. The van der Waals surface area contributed by atoms with E-state index in [4.69, 9.17) is 11.2 Å². The molecule has 0 aliphatic carbocycles. The fraction of sp³-hybridized carbons (Fsp3) is 0.158. The van der Waals surface area contributed by atoms with Gasteiger partial charge in [-0.3, -0.25) is 9.69 Å². The van der Waals surface area contributed by atoms with E-state index in [-0.39, 0.29) is 12.5 Å². The van der Waals surface area contributed by atoms with E-state index in [1.165, 1.54) is 4.90 Å². The van der Waals surface area contributed by atoms with Crippen LogP contribution in [0.5, 0.6) is 5.75 Å². The van der Waals surface area contributed by atoms with E-state index < -0.39 is 0 Å². The summed E-state index contributed by atoms with van der Waals surface area (Å²) < 4.78 is 5.45. The van der Waals surface area contributed by atoms with Crippen LogP contribution in [-0.2, 0) is 4.79 Å². The highest BCUT2D eigenvalue weighted by molar-refractivity contribution is 6.14. The molecule has 0 radical (unpaired) electrons. The summed E-state index contributed by atoms with van der Waals surface area (Å²) in [5.41, 5.74) is 1.21. The SMILES string of the molecule is C#CCN1C(=O)/C(=C/c2c(OC)ccc3ccccc23)N=C1C. The molecule has 2 aromatic carbocycles. The van der Waals surface area contributed by atoms with Crippen molar-refractivity contribution in [1.82, 2.24) is 4.90 Å². The molecule has 0 atom stereocenters. The summed E-state index contributed by atoms with van der Waals surface area (Å²) in [6.45, 7) is 1.99. The van der Waals surface area contributed by atoms with E-state index in [0.717, 1.165) is 16.3 Å². The number of hydrogen-bond donors (Lipinski definition) is 0. The average molecular weight is 304 g/mol. The third-order valence-corrected chi connectivity index (χ3v) is 3.82. The first-order valence-electron chi connectivity index (χ1n) is 7.23. The van der Waals surface area contributed by atoms with E-state index in [1.54, 1.807) is 20.1 Å². The van der Waals surface area contributed by atoms with Crippen molar-refractivity contribution < 1.29 is 9.53 Å². The van der Waals surface area contributed by atoms with Crippen molar-refractivity contribution in [2.24, 2.45) is 4.99 Å². The third-order valence-electron chi connectivity index (χ3n) is 3.82. The molecule has 1 heterocycles. The van der Waals surface area contributed by atoms with Crippen LogP contribution in [0.3, 0.4) is 0 Å². The molecule has 2 aromatic rings. The Balaban J connectivity index is 2.15. The maximum Gasteiger partial charge on any atom is 0.278 e. The van der Waals surface area contributed by atoms with Crippen molar-refractivity contribution in [2.45, 2.75) is 6.92 Å². The lowest BCUT2D eigenvalue weighted by Gasteiger charge is -2.12. The number of hydrogen-bond acceptors (Lipinski definition) is 3. The lowest BCUT2D eigenvalue weighted by molar-refractivity contribution is -0.122. The van der Waals surface area contributed by atoms with Gasteiger partial charge >= 0.3 is 0 Å². The topological polar surface area (TPSA) is 41.9 Å². The molecule has 0 unspecified atom stereocenters. The summed E-state index contributed by atoms with van der Waals surface area (Å²) in [5, 5.41) is 2.09. The summed E-state index contributed by atoms with van der Waals surface area (Å²) in [6, 6.07) is 11.8. The van der Waals surface area contributed by atoms with Crippen LogP contribution in [0.2, 0.25) is 0 Å². The minimum atomic E-state index is -0.185. The first kappa shape index (κ1) is 14.9. The highest BCUT2D eigenvalue weighted by atomic mass is 16.5. The van der Waals surface area contributed by atoms with Crippen molar-refractivity contribution in [2.75, 3.05) is 13.7 Å². The van der Waals surface area contributed by atoms with Gasteiger partial charge in [0.1, 0.15) is 17.3 Å². The maximum atomic E-state index is 12.5. The summed E-state index contributed by atoms with van der Waals surface area (Å²) in [7, 11) is 1.61. The number of amides is 1. The highest BCUT2D eigenvalue weighted by Gasteiger charge is 2.27. The van der Waals surface area contributed by atoms with Gasteiger partial charge in [-0.2, -0.15) is 0 Å². The number of rotatable bonds is 3. The normalized spacial score (nSPS) is 15.9. The molecule has 0 spiro atoms. The molecule has 0 fully saturated rings. The Hall–Kier alpha value is -3.06. The lowest BCUT2D eigenvalue weighted by Crippen LogP contribution is -2.30. The van der Waals surface area contributed by atoms with Crippen LogP contribution in [0.25, 0.3) is 16.8 Å².